The van der Waals surface area contributed by atoms with Crippen molar-refractivity contribution in [1.82, 2.24) is 5.32 Å². The predicted octanol–water partition coefficient (Wildman–Crippen LogP) is 3.10. The molecule has 1 aromatic rings. The first-order valence-electron chi connectivity index (χ1n) is 6.93. The van der Waals surface area contributed by atoms with Crippen molar-refractivity contribution in [2.75, 3.05) is 0 Å². The first kappa shape index (κ1) is 13.4. The van der Waals surface area contributed by atoms with Gasteiger partial charge in [-0.2, -0.15) is 0 Å². The molecule has 20 heavy (non-hydrogen) atoms. The molecule has 2 atom stereocenters. The lowest BCUT2D eigenvalue weighted by Crippen LogP contribution is -2.36. The van der Waals surface area contributed by atoms with Gasteiger partial charge in [0.15, 0.2) is 5.17 Å². The van der Waals surface area contributed by atoms with Crippen LogP contribution in [-0.4, -0.2) is 22.2 Å². The minimum Gasteiger partial charge on any atom is -0.360 e. The molecule has 1 N–H and O–H groups in total. The van der Waals surface area contributed by atoms with Crippen LogP contribution in [0.1, 0.15) is 31.2 Å². The number of rotatable bonds is 3. The van der Waals surface area contributed by atoms with Crippen molar-refractivity contribution in [3.8, 4) is 0 Å². The molecule has 5 nitrogen and oxygen atoms in total. The van der Waals surface area contributed by atoms with Gasteiger partial charge in [0.1, 0.15) is 0 Å². The molecular formula is C14H17N3O2S. The molecule has 1 saturated carbocycles. The topological polar surface area (TPSA) is 67.5 Å². The molecule has 1 aliphatic heterocycles. The quantitative estimate of drug-likeness (QED) is 0.686. The number of hydrogen-bond acceptors (Lipinski definition) is 5. The Bertz CT molecular complexity index is 547. The molecule has 2 aliphatic rings. The summed E-state index contributed by atoms with van der Waals surface area (Å²) < 4.78 is 0. The molecule has 1 heterocycles. The molecule has 6 heteroatoms. The summed E-state index contributed by atoms with van der Waals surface area (Å²) in [5.41, 5.74) is 1.11. The molecule has 106 valence electrons. The standard InChI is InChI=1S/C14H17N3O2S/c18-17(19)11-5-3-4-10(8-11)9-20-14-15-12-6-1-2-7-13(12)16-14/h3-5,8,12-13H,1-2,6-7,9H2,(H,15,16)/t12-,13-/m0/s1. The van der Waals surface area contributed by atoms with Crippen LogP contribution < -0.4 is 5.32 Å². The highest BCUT2D eigenvalue weighted by Crippen LogP contribution is 2.28. The number of fused-ring (bicyclic) bond motifs is 1. The van der Waals surface area contributed by atoms with Crippen LogP contribution in [0.15, 0.2) is 29.3 Å². The van der Waals surface area contributed by atoms with Crippen molar-refractivity contribution in [3.05, 3.63) is 39.9 Å². The summed E-state index contributed by atoms with van der Waals surface area (Å²) in [6.45, 7) is 0. The fraction of sp³-hybridized carbons (Fsp3) is 0.500. The lowest BCUT2D eigenvalue weighted by molar-refractivity contribution is -0.384. The minimum atomic E-state index is -0.353. The third kappa shape index (κ3) is 2.95. The Morgan fingerprint density at radius 1 is 1.40 bits per heavy atom. The zero-order valence-electron chi connectivity index (χ0n) is 11.1. The Hall–Kier alpha value is -1.56. The first-order valence-corrected chi connectivity index (χ1v) is 7.91. The van der Waals surface area contributed by atoms with Crippen molar-refractivity contribution in [2.45, 2.75) is 43.5 Å². The number of hydrogen-bond donors (Lipinski definition) is 1. The number of nitro benzene ring substituents is 1. The number of nitrogens with zero attached hydrogens (tertiary/aromatic N) is 2. The molecule has 0 bridgehead atoms. The number of thioether (sulfide) groups is 1. The second kappa shape index (κ2) is 5.83. The largest absolute Gasteiger partial charge is 0.360 e. The lowest BCUT2D eigenvalue weighted by Gasteiger charge is -2.23. The number of nitrogens with one attached hydrogen (secondary N) is 1. The van der Waals surface area contributed by atoms with Gasteiger partial charge in [0.25, 0.3) is 5.69 Å². The van der Waals surface area contributed by atoms with Crippen molar-refractivity contribution in [1.29, 1.82) is 0 Å². The Labute approximate surface area is 122 Å². The van der Waals surface area contributed by atoms with Gasteiger partial charge in [-0.3, -0.25) is 15.1 Å². The van der Waals surface area contributed by atoms with E-state index in [0.717, 1.165) is 10.7 Å². The maximum atomic E-state index is 10.7. The van der Waals surface area contributed by atoms with Crippen LogP contribution >= 0.6 is 11.8 Å². The molecular weight excluding hydrogens is 274 g/mol. The van der Waals surface area contributed by atoms with Gasteiger partial charge in [-0.1, -0.05) is 36.7 Å². The van der Waals surface area contributed by atoms with Crippen molar-refractivity contribution >= 4 is 22.6 Å². The number of nitro groups is 1. The average molecular weight is 291 g/mol. The van der Waals surface area contributed by atoms with E-state index in [1.807, 2.05) is 6.07 Å². The summed E-state index contributed by atoms with van der Waals surface area (Å²) in [5.74, 6) is 0.715. The molecule has 0 amide bonds. The Balaban J connectivity index is 1.60. The van der Waals surface area contributed by atoms with Gasteiger partial charge in [-0.15, -0.1) is 0 Å². The molecule has 3 rings (SSSR count). The van der Waals surface area contributed by atoms with Crippen LogP contribution in [0.3, 0.4) is 0 Å². The molecule has 0 saturated heterocycles. The van der Waals surface area contributed by atoms with E-state index in [2.05, 4.69) is 5.32 Å². The normalized spacial score (nSPS) is 24.7. The molecule has 0 aromatic heterocycles. The van der Waals surface area contributed by atoms with Crippen molar-refractivity contribution in [2.24, 2.45) is 4.99 Å². The van der Waals surface area contributed by atoms with Crippen molar-refractivity contribution < 1.29 is 4.92 Å². The Morgan fingerprint density at radius 2 is 2.25 bits per heavy atom. The van der Waals surface area contributed by atoms with Gasteiger partial charge in [0.05, 0.1) is 17.0 Å². The van der Waals surface area contributed by atoms with Crippen molar-refractivity contribution in [3.63, 3.8) is 0 Å². The summed E-state index contributed by atoms with van der Waals surface area (Å²) >= 11 is 1.64. The summed E-state index contributed by atoms with van der Waals surface area (Å²) in [6.07, 6.45) is 4.94. The highest BCUT2D eigenvalue weighted by atomic mass is 32.2. The summed E-state index contributed by atoms with van der Waals surface area (Å²) in [7, 11) is 0. The van der Waals surface area contributed by atoms with E-state index >= 15 is 0 Å². The second-order valence-corrected chi connectivity index (χ2v) is 6.22. The monoisotopic (exact) mass is 291 g/mol. The third-order valence-corrected chi connectivity index (χ3v) is 4.79. The van der Waals surface area contributed by atoms with E-state index < -0.39 is 0 Å². The van der Waals surface area contributed by atoms with Crippen LogP contribution in [-0.2, 0) is 5.75 Å². The average Bonchev–Trinajstić information content (AvgIpc) is 2.88. The van der Waals surface area contributed by atoms with Gasteiger partial charge in [0.2, 0.25) is 0 Å². The predicted molar refractivity (Wildman–Crippen MR) is 81.0 cm³/mol. The lowest BCUT2D eigenvalue weighted by atomic mass is 9.92. The molecule has 1 aliphatic carbocycles. The van der Waals surface area contributed by atoms with Crippen LogP contribution in [0.5, 0.6) is 0 Å². The van der Waals surface area contributed by atoms with E-state index in [4.69, 9.17) is 4.99 Å². The highest BCUT2D eigenvalue weighted by molar-refractivity contribution is 8.13. The van der Waals surface area contributed by atoms with Gasteiger partial charge in [-0.05, 0) is 18.4 Å². The van der Waals surface area contributed by atoms with Crippen LogP contribution in [0.25, 0.3) is 0 Å². The number of benzene rings is 1. The van der Waals surface area contributed by atoms with Gasteiger partial charge in [-0.25, -0.2) is 0 Å². The molecule has 1 fully saturated rings. The van der Waals surface area contributed by atoms with E-state index in [1.54, 1.807) is 23.9 Å². The summed E-state index contributed by atoms with van der Waals surface area (Å²) in [6, 6.07) is 7.76. The summed E-state index contributed by atoms with van der Waals surface area (Å²) in [4.78, 5) is 15.1. The number of aliphatic imine (C=N–C) groups is 1. The van der Waals surface area contributed by atoms with E-state index in [1.165, 1.54) is 31.7 Å². The number of amidine groups is 1. The molecule has 0 unspecified atom stereocenters. The maximum Gasteiger partial charge on any atom is 0.269 e. The highest BCUT2D eigenvalue weighted by Gasteiger charge is 2.30. The van der Waals surface area contributed by atoms with E-state index in [9.17, 15) is 10.1 Å². The van der Waals surface area contributed by atoms with Crippen LogP contribution in [0, 0.1) is 10.1 Å². The second-order valence-electron chi connectivity index (χ2n) is 5.25. The van der Waals surface area contributed by atoms with Crippen LogP contribution in [0.2, 0.25) is 0 Å². The maximum absolute atomic E-state index is 10.7. The molecule has 0 spiro atoms. The fourth-order valence-corrected chi connectivity index (χ4v) is 3.70. The fourth-order valence-electron chi connectivity index (χ4n) is 2.77. The number of non-ortho nitro benzene ring substituents is 1. The zero-order chi connectivity index (χ0) is 13.9. The molecule has 1 aromatic carbocycles. The third-order valence-electron chi connectivity index (χ3n) is 3.82. The van der Waals surface area contributed by atoms with Gasteiger partial charge < -0.3 is 5.32 Å². The zero-order valence-corrected chi connectivity index (χ0v) is 11.9. The van der Waals surface area contributed by atoms with E-state index in [-0.39, 0.29) is 10.6 Å². The van der Waals surface area contributed by atoms with Crippen LogP contribution in [0.4, 0.5) is 5.69 Å². The molecule has 0 radical (unpaired) electrons. The Morgan fingerprint density at radius 3 is 3.05 bits per heavy atom. The Kier molecular flexibility index (Phi) is 3.91. The van der Waals surface area contributed by atoms with Gasteiger partial charge >= 0.3 is 0 Å². The van der Waals surface area contributed by atoms with Gasteiger partial charge in [0, 0.05) is 17.9 Å². The SMILES string of the molecule is O=[N+]([O-])c1cccc(CSC2=N[C@H]3CCCC[C@@H]3N2)c1. The van der Waals surface area contributed by atoms with E-state index in [0.29, 0.717) is 17.8 Å². The summed E-state index contributed by atoms with van der Waals surface area (Å²) in [5, 5.41) is 15.2. The minimum absolute atomic E-state index is 0.151. The smallest absolute Gasteiger partial charge is 0.269 e. The first-order chi connectivity index (χ1) is 9.72.